The summed E-state index contributed by atoms with van der Waals surface area (Å²) in [4.78, 5) is 19.0. The van der Waals surface area contributed by atoms with Crippen molar-refractivity contribution in [3.8, 4) is 11.3 Å². The molecule has 1 amide bonds. The number of hydrogen-bond donors (Lipinski definition) is 4. The summed E-state index contributed by atoms with van der Waals surface area (Å²) >= 11 is 17.5. The molecule has 0 saturated heterocycles. The topological polar surface area (TPSA) is 95.8 Å². The number of aromatic nitrogens is 2. The Morgan fingerprint density at radius 1 is 1.35 bits per heavy atom. The first kappa shape index (κ1) is 22.1. The standard InChI is InChI=1S/C16H16Cl2N4OS.CH5N/c1-3-20-16-21-14(9-4-6-11(17)12(18)8-9)10(15(24)22-16)5-7-13(23)19-2;1-2/h4-8H,3H2,1-2H3,(H,19,23)(H2,20,21,22,24);2H2,1H3/b7-5+;. The van der Waals surface area contributed by atoms with Crippen LogP contribution in [-0.4, -0.2) is 36.5 Å². The van der Waals surface area contributed by atoms with Crippen LogP contribution in [0.15, 0.2) is 24.3 Å². The van der Waals surface area contributed by atoms with Crippen LogP contribution in [0.25, 0.3) is 17.3 Å². The number of nitrogens with zero attached hydrogens (tertiary/aromatic N) is 1. The van der Waals surface area contributed by atoms with Crippen molar-refractivity contribution in [3.05, 3.63) is 44.5 Å². The molecule has 0 unspecified atom stereocenters. The number of aromatic amines is 1. The first-order valence-electron chi connectivity index (χ1n) is 7.77. The number of H-pyrrole nitrogens is 1. The van der Waals surface area contributed by atoms with Crippen LogP contribution < -0.4 is 16.4 Å². The number of halogens is 2. The minimum absolute atomic E-state index is 0.236. The predicted octanol–water partition coefficient (Wildman–Crippen LogP) is 3.88. The van der Waals surface area contributed by atoms with E-state index in [9.17, 15) is 4.79 Å². The van der Waals surface area contributed by atoms with Crippen molar-refractivity contribution in [1.82, 2.24) is 15.3 Å². The lowest BCUT2D eigenvalue weighted by molar-refractivity contribution is -0.115. The molecule has 2 rings (SSSR count). The molecule has 1 aromatic heterocycles. The number of amides is 1. The van der Waals surface area contributed by atoms with Gasteiger partial charge >= 0.3 is 0 Å². The van der Waals surface area contributed by atoms with E-state index >= 15 is 0 Å². The molecule has 0 fully saturated rings. The van der Waals surface area contributed by atoms with Crippen molar-refractivity contribution >= 4 is 53.4 Å². The highest BCUT2D eigenvalue weighted by molar-refractivity contribution is 7.71. The van der Waals surface area contributed by atoms with Crippen LogP contribution in [0.3, 0.4) is 0 Å². The maximum Gasteiger partial charge on any atom is 0.243 e. The average Bonchev–Trinajstić information content (AvgIpc) is 2.64. The summed E-state index contributed by atoms with van der Waals surface area (Å²) in [6, 6.07) is 5.26. The summed E-state index contributed by atoms with van der Waals surface area (Å²) in [5, 5.41) is 6.50. The molecule has 1 aromatic carbocycles. The molecular formula is C17H21Cl2N5OS. The van der Waals surface area contributed by atoms with E-state index in [1.54, 1.807) is 25.3 Å². The van der Waals surface area contributed by atoms with Crippen molar-refractivity contribution in [2.75, 3.05) is 26.0 Å². The van der Waals surface area contributed by atoms with Gasteiger partial charge in [-0.2, -0.15) is 0 Å². The van der Waals surface area contributed by atoms with Crippen molar-refractivity contribution in [3.63, 3.8) is 0 Å². The summed E-state index contributed by atoms with van der Waals surface area (Å²) in [7, 11) is 3.06. The second kappa shape index (κ2) is 10.9. The quantitative estimate of drug-likeness (QED) is 0.440. The van der Waals surface area contributed by atoms with Gasteiger partial charge in [-0.1, -0.05) is 41.5 Å². The van der Waals surface area contributed by atoms with Crippen molar-refractivity contribution in [1.29, 1.82) is 0 Å². The van der Waals surface area contributed by atoms with Crippen LogP contribution in [0.5, 0.6) is 0 Å². The Hall–Kier alpha value is -1.93. The molecule has 0 aliphatic carbocycles. The highest BCUT2D eigenvalue weighted by Gasteiger charge is 2.11. The van der Waals surface area contributed by atoms with Crippen LogP contribution in [-0.2, 0) is 4.79 Å². The van der Waals surface area contributed by atoms with Gasteiger partial charge in [-0.15, -0.1) is 0 Å². The summed E-state index contributed by atoms with van der Waals surface area (Å²) in [5.41, 5.74) is 6.60. The van der Waals surface area contributed by atoms with Crippen LogP contribution in [0.4, 0.5) is 5.95 Å². The van der Waals surface area contributed by atoms with Gasteiger partial charge in [0.15, 0.2) is 0 Å². The number of likely N-dealkylation sites (N-methyl/N-ethyl adjacent to an activating group) is 1. The molecule has 2 aromatic rings. The summed E-state index contributed by atoms with van der Waals surface area (Å²) in [6.07, 6.45) is 3.02. The van der Waals surface area contributed by atoms with E-state index in [1.807, 2.05) is 13.0 Å². The third-order valence-corrected chi connectivity index (χ3v) is 4.21. The summed E-state index contributed by atoms with van der Waals surface area (Å²) in [6.45, 7) is 2.64. The first-order chi connectivity index (χ1) is 12.5. The van der Waals surface area contributed by atoms with Gasteiger partial charge in [-0.05, 0) is 32.2 Å². The van der Waals surface area contributed by atoms with E-state index in [2.05, 4.69) is 26.3 Å². The molecule has 5 N–H and O–H groups in total. The molecule has 0 aliphatic rings. The van der Waals surface area contributed by atoms with E-state index in [4.69, 9.17) is 35.4 Å². The van der Waals surface area contributed by atoms with Gasteiger partial charge in [0.05, 0.1) is 15.7 Å². The lowest BCUT2D eigenvalue weighted by atomic mass is 10.1. The van der Waals surface area contributed by atoms with E-state index in [1.165, 1.54) is 13.1 Å². The third kappa shape index (κ3) is 5.81. The lowest BCUT2D eigenvalue weighted by Crippen LogP contribution is -2.14. The average molecular weight is 414 g/mol. The summed E-state index contributed by atoms with van der Waals surface area (Å²) in [5.74, 6) is 0.306. The van der Waals surface area contributed by atoms with Crippen LogP contribution in [0.1, 0.15) is 12.5 Å². The molecule has 0 spiro atoms. The van der Waals surface area contributed by atoms with E-state index in [0.717, 1.165) is 5.56 Å². The maximum atomic E-state index is 11.5. The molecule has 0 atom stereocenters. The Bertz CT molecular complexity index is 852. The number of benzene rings is 1. The number of rotatable bonds is 5. The molecule has 0 radical (unpaired) electrons. The normalized spacial score (nSPS) is 10.2. The fourth-order valence-corrected chi connectivity index (χ4v) is 2.57. The van der Waals surface area contributed by atoms with Gasteiger partial charge in [0.25, 0.3) is 0 Å². The van der Waals surface area contributed by atoms with Crippen LogP contribution >= 0.6 is 35.4 Å². The number of nitrogens with one attached hydrogen (secondary N) is 3. The molecule has 6 nitrogen and oxygen atoms in total. The number of anilines is 1. The minimum atomic E-state index is -0.236. The second-order valence-corrected chi connectivity index (χ2v) is 5.99. The molecule has 140 valence electrons. The van der Waals surface area contributed by atoms with E-state index in [0.29, 0.717) is 38.4 Å². The fourth-order valence-electron chi connectivity index (χ4n) is 2.01. The Balaban J connectivity index is 0.00000163. The number of carbonyl (C=O) groups is 1. The lowest BCUT2D eigenvalue weighted by Gasteiger charge is -2.11. The number of hydrogen-bond acceptors (Lipinski definition) is 5. The maximum absolute atomic E-state index is 11.5. The van der Waals surface area contributed by atoms with Gasteiger partial charge < -0.3 is 21.4 Å². The van der Waals surface area contributed by atoms with Crippen molar-refractivity contribution < 1.29 is 4.79 Å². The van der Waals surface area contributed by atoms with Gasteiger partial charge in [0.2, 0.25) is 11.9 Å². The molecule has 0 saturated carbocycles. The Labute approximate surface area is 167 Å². The molecule has 26 heavy (non-hydrogen) atoms. The third-order valence-electron chi connectivity index (χ3n) is 3.16. The van der Waals surface area contributed by atoms with E-state index in [-0.39, 0.29) is 5.91 Å². The molecule has 0 bridgehead atoms. The summed E-state index contributed by atoms with van der Waals surface area (Å²) < 4.78 is 0.367. The van der Waals surface area contributed by atoms with Crippen molar-refractivity contribution in [2.45, 2.75) is 6.92 Å². The molecule has 9 heteroatoms. The highest BCUT2D eigenvalue weighted by atomic mass is 35.5. The monoisotopic (exact) mass is 413 g/mol. The fraction of sp³-hybridized carbons (Fsp3) is 0.235. The van der Waals surface area contributed by atoms with Crippen molar-refractivity contribution in [2.24, 2.45) is 5.73 Å². The molecule has 0 aliphatic heterocycles. The Morgan fingerprint density at radius 3 is 2.62 bits per heavy atom. The Kier molecular flexibility index (Phi) is 9.29. The smallest absolute Gasteiger partial charge is 0.243 e. The van der Waals surface area contributed by atoms with Gasteiger partial charge in [-0.25, -0.2) is 4.98 Å². The number of nitrogens with two attached hydrogens (primary N) is 1. The molecule has 1 heterocycles. The van der Waals surface area contributed by atoms with Gasteiger partial charge in [0, 0.05) is 30.8 Å². The minimum Gasteiger partial charge on any atom is -0.356 e. The zero-order valence-corrected chi connectivity index (χ0v) is 17.0. The second-order valence-electron chi connectivity index (χ2n) is 4.79. The predicted molar refractivity (Wildman–Crippen MR) is 112 cm³/mol. The zero-order valence-electron chi connectivity index (χ0n) is 14.7. The largest absolute Gasteiger partial charge is 0.356 e. The van der Waals surface area contributed by atoms with E-state index < -0.39 is 0 Å². The number of carbonyl (C=O) groups excluding carboxylic acids is 1. The Morgan fingerprint density at radius 2 is 2.04 bits per heavy atom. The SMILES string of the molecule is CCNc1nc(=S)c(/C=C/C(=O)NC)c(-c2ccc(Cl)c(Cl)c2)[nH]1.CN. The first-order valence-corrected chi connectivity index (χ1v) is 8.93. The van der Waals surface area contributed by atoms with Gasteiger partial charge in [0.1, 0.15) is 4.64 Å². The zero-order chi connectivity index (χ0) is 19.7. The van der Waals surface area contributed by atoms with Gasteiger partial charge in [-0.3, -0.25) is 4.79 Å². The van der Waals surface area contributed by atoms with Crippen LogP contribution in [0, 0.1) is 4.64 Å². The molecular weight excluding hydrogens is 393 g/mol. The van der Waals surface area contributed by atoms with Crippen LogP contribution in [0.2, 0.25) is 10.0 Å². The highest BCUT2D eigenvalue weighted by Crippen LogP contribution is 2.30.